The van der Waals surface area contributed by atoms with Gasteiger partial charge in [-0.25, -0.2) is 0 Å². The molecule has 0 aromatic rings. The van der Waals surface area contributed by atoms with Crippen LogP contribution in [0.3, 0.4) is 0 Å². The maximum atomic E-state index is 11.6. The Morgan fingerprint density at radius 3 is 2.67 bits per heavy atom. The maximum absolute atomic E-state index is 11.6. The normalized spacial score (nSPS) is 26.1. The average Bonchev–Trinajstić information content (AvgIpc) is 2.25. The van der Waals surface area contributed by atoms with Crippen molar-refractivity contribution >= 4 is 5.91 Å². The lowest BCUT2D eigenvalue weighted by Gasteiger charge is -2.44. The van der Waals surface area contributed by atoms with E-state index in [0.717, 1.165) is 0 Å². The minimum absolute atomic E-state index is 0.0439. The van der Waals surface area contributed by atoms with Crippen LogP contribution in [0.1, 0.15) is 6.92 Å². The molecule has 15 heavy (non-hydrogen) atoms. The smallest absolute Gasteiger partial charge is 0.256 e. The summed E-state index contributed by atoms with van der Waals surface area (Å²) in [7, 11) is 3.09. The Bertz CT molecular complexity index is 242. The van der Waals surface area contributed by atoms with Crippen molar-refractivity contribution in [3.05, 3.63) is 12.2 Å². The molecule has 1 amide bonds. The summed E-state index contributed by atoms with van der Waals surface area (Å²) in [4.78, 5) is 13.2. The summed E-state index contributed by atoms with van der Waals surface area (Å²) >= 11 is 0. The van der Waals surface area contributed by atoms with Crippen LogP contribution in [0.15, 0.2) is 12.2 Å². The second-order valence-electron chi connectivity index (χ2n) is 3.24. The van der Waals surface area contributed by atoms with E-state index in [1.807, 2.05) is 19.1 Å². The van der Waals surface area contributed by atoms with Crippen LogP contribution in [0, 0.1) is 0 Å². The predicted octanol–water partition coefficient (Wildman–Crippen LogP) is 0.366. The Morgan fingerprint density at radius 1 is 1.40 bits per heavy atom. The Labute approximate surface area is 89.6 Å². The first-order valence-corrected chi connectivity index (χ1v) is 4.79. The number of ether oxygens (including phenoxy) is 3. The minimum Gasteiger partial charge on any atom is -0.364 e. The Hall–Kier alpha value is -0.910. The van der Waals surface area contributed by atoms with Crippen molar-refractivity contribution in [3.63, 3.8) is 0 Å². The number of allylic oxidation sites excluding steroid dienone is 1. The third-order valence-electron chi connectivity index (χ3n) is 2.22. The number of hydrogen-bond donors (Lipinski definition) is 0. The number of rotatable bonds is 6. The van der Waals surface area contributed by atoms with Gasteiger partial charge in [0, 0.05) is 14.2 Å². The Balaban J connectivity index is 2.53. The molecule has 0 spiro atoms. The van der Waals surface area contributed by atoms with Crippen molar-refractivity contribution < 1.29 is 19.0 Å². The molecule has 86 valence electrons. The van der Waals surface area contributed by atoms with Gasteiger partial charge in [0.1, 0.15) is 13.5 Å². The second kappa shape index (κ2) is 5.85. The molecule has 1 fully saturated rings. The summed E-state index contributed by atoms with van der Waals surface area (Å²) in [5, 5.41) is 0. The molecule has 2 atom stereocenters. The monoisotopic (exact) mass is 215 g/mol. The highest BCUT2D eigenvalue weighted by Crippen LogP contribution is 2.24. The van der Waals surface area contributed by atoms with Crippen molar-refractivity contribution in [1.82, 2.24) is 4.90 Å². The van der Waals surface area contributed by atoms with Gasteiger partial charge in [-0.15, -0.1) is 0 Å². The van der Waals surface area contributed by atoms with Crippen molar-refractivity contribution in [1.29, 1.82) is 0 Å². The third kappa shape index (κ3) is 2.56. The van der Waals surface area contributed by atoms with E-state index in [-0.39, 0.29) is 18.7 Å². The third-order valence-corrected chi connectivity index (χ3v) is 2.22. The van der Waals surface area contributed by atoms with E-state index < -0.39 is 6.10 Å². The van der Waals surface area contributed by atoms with Crippen LogP contribution in [0.4, 0.5) is 0 Å². The summed E-state index contributed by atoms with van der Waals surface area (Å²) in [5.74, 6) is -0.0583. The molecular formula is C10H17NO4. The molecule has 5 nitrogen and oxygen atoms in total. The number of carbonyl (C=O) groups excluding carboxylic acids is 1. The molecule has 0 aromatic carbocycles. The first-order valence-electron chi connectivity index (χ1n) is 4.79. The van der Waals surface area contributed by atoms with Gasteiger partial charge in [-0.3, -0.25) is 4.79 Å². The van der Waals surface area contributed by atoms with Crippen LogP contribution in [-0.4, -0.2) is 50.7 Å². The number of amides is 1. The molecule has 0 aromatic heterocycles. The number of likely N-dealkylation sites (tertiary alicyclic amines) is 1. The quantitative estimate of drug-likeness (QED) is 0.365. The van der Waals surface area contributed by atoms with Gasteiger partial charge < -0.3 is 19.1 Å². The van der Waals surface area contributed by atoms with Gasteiger partial charge in [0.05, 0.1) is 6.04 Å². The molecule has 0 aliphatic carbocycles. The largest absolute Gasteiger partial charge is 0.364 e. The van der Waals surface area contributed by atoms with E-state index in [9.17, 15) is 4.79 Å². The number of hydrogen-bond acceptors (Lipinski definition) is 4. The lowest BCUT2D eigenvalue weighted by molar-refractivity contribution is -0.190. The standard InChI is InChI=1S/C10H17NO4/c1-4-5-8-9(15-7-14-3)10(12)11(8)6-13-2/h4-5,8-9H,6-7H2,1-3H3/b5-4+/t8-,9+/m0/s1. The molecule has 0 N–H and O–H groups in total. The fourth-order valence-corrected chi connectivity index (χ4v) is 1.54. The molecule has 1 saturated heterocycles. The number of methoxy groups -OCH3 is 2. The highest BCUT2D eigenvalue weighted by molar-refractivity contribution is 5.89. The Morgan fingerprint density at radius 2 is 2.13 bits per heavy atom. The van der Waals surface area contributed by atoms with Crippen LogP contribution in [0.2, 0.25) is 0 Å². The molecule has 1 heterocycles. The van der Waals surface area contributed by atoms with Crippen LogP contribution in [0.25, 0.3) is 0 Å². The van der Waals surface area contributed by atoms with E-state index in [2.05, 4.69) is 0 Å². The molecule has 1 aliphatic rings. The zero-order chi connectivity index (χ0) is 11.3. The number of nitrogens with zero attached hydrogens (tertiary/aromatic N) is 1. The van der Waals surface area contributed by atoms with Gasteiger partial charge in [0.25, 0.3) is 5.91 Å². The topological polar surface area (TPSA) is 48.0 Å². The summed E-state index contributed by atoms with van der Waals surface area (Å²) < 4.78 is 15.0. The van der Waals surface area contributed by atoms with Crippen molar-refractivity contribution in [3.8, 4) is 0 Å². The van der Waals surface area contributed by atoms with Crippen molar-refractivity contribution in [2.24, 2.45) is 0 Å². The van der Waals surface area contributed by atoms with E-state index in [1.165, 1.54) is 7.11 Å². The van der Waals surface area contributed by atoms with Gasteiger partial charge >= 0.3 is 0 Å². The Kier molecular flexibility index (Phi) is 4.74. The SMILES string of the molecule is C/C=C/[C@H]1[C@@H](OCOC)C(=O)N1COC. The maximum Gasteiger partial charge on any atom is 0.256 e. The van der Waals surface area contributed by atoms with E-state index in [1.54, 1.807) is 12.0 Å². The van der Waals surface area contributed by atoms with Crippen molar-refractivity contribution in [2.45, 2.75) is 19.1 Å². The number of carbonyl (C=O) groups is 1. The molecule has 5 heteroatoms. The zero-order valence-corrected chi connectivity index (χ0v) is 9.30. The van der Waals surface area contributed by atoms with Crippen LogP contribution in [0.5, 0.6) is 0 Å². The fourth-order valence-electron chi connectivity index (χ4n) is 1.54. The van der Waals surface area contributed by atoms with Crippen LogP contribution >= 0.6 is 0 Å². The first kappa shape index (κ1) is 12.2. The second-order valence-corrected chi connectivity index (χ2v) is 3.24. The zero-order valence-electron chi connectivity index (χ0n) is 9.30. The van der Waals surface area contributed by atoms with Gasteiger partial charge in [0.2, 0.25) is 0 Å². The lowest BCUT2D eigenvalue weighted by atomic mass is 9.98. The van der Waals surface area contributed by atoms with E-state index in [4.69, 9.17) is 14.2 Å². The summed E-state index contributed by atoms with van der Waals surface area (Å²) in [6, 6.07) is -0.0439. The minimum atomic E-state index is -0.434. The van der Waals surface area contributed by atoms with Crippen LogP contribution < -0.4 is 0 Å². The first-order chi connectivity index (χ1) is 7.26. The predicted molar refractivity (Wildman–Crippen MR) is 54.1 cm³/mol. The molecule has 0 radical (unpaired) electrons. The number of β-lactam (4-membered cyclic amide) rings is 1. The molecule has 0 unspecified atom stereocenters. The van der Waals surface area contributed by atoms with E-state index >= 15 is 0 Å². The van der Waals surface area contributed by atoms with Crippen LogP contribution in [-0.2, 0) is 19.0 Å². The van der Waals surface area contributed by atoms with Gasteiger partial charge in [-0.1, -0.05) is 12.2 Å². The summed E-state index contributed by atoms with van der Waals surface area (Å²) in [5.41, 5.74) is 0. The fraction of sp³-hybridized carbons (Fsp3) is 0.700. The summed E-state index contributed by atoms with van der Waals surface area (Å²) in [6.07, 6.45) is 3.38. The average molecular weight is 215 g/mol. The molecular weight excluding hydrogens is 198 g/mol. The van der Waals surface area contributed by atoms with Gasteiger partial charge in [0.15, 0.2) is 6.10 Å². The van der Waals surface area contributed by atoms with Crippen molar-refractivity contribution in [2.75, 3.05) is 27.7 Å². The molecule has 1 rings (SSSR count). The lowest BCUT2D eigenvalue weighted by Crippen LogP contribution is -2.65. The van der Waals surface area contributed by atoms with E-state index in [0.29, 0.717) is 6.73 Å². The van der Waals surface area contributed by atoms with Gasteiger partial charge in [-0.05, 0) is 6.92 Å². The molecule has 0 bridgehead atoms. The molecule has 0 saturated carbocycles. The highest BCUT2D eigenvalue weighted by Gasteiger charge is 2.46. The van der Waals surface area contributed by atoms with Gasteiger partial charge in [-0.2, -0.15) is 0 Å². The highest BCUT2D eigenvalue weighted by atomic mass is 16.7. The summed E-state index contributed by atoms with van der Waals surface area (Å²) in [6.45, 7) is 2.33. The molecule has 1 aliphatic heterocycles.